The van der Waals surface area contributed by atoms with Gasteiger partial charge < -0.3 is 0 Å². The Morgan fingerprint density at radius 2 is 1.70 bits per heavy atom. The van der Waals surface area contributed by atoms with Gasteiger partial charge in [0.15, 0.2) is 0 Å². The minimum Gasteiger partial charge on any atom is -0.212 e. The quantitative estimate of drug-likeness (QED) is 0.622. The van der Waals surface area contributed by atoms with Crippen LogP contribution in [0.5, 0.6) is 0 Å². The van der Waals surface area contributed by atoms with Crippen LogP contribution in [0.1, 0.15) is 32.0 Å². The zero-order valence-corrected chi connectivity index (χ0v) is 12.8. The van der Waals surface area contributed by atoms with Crippen LogP contribution in [0.4, 0.5) is 30.5 Å². The molecule has 0 unspecified atom stereocenters. The monoisotopic (exact) mass is 319 g/mol. The fraction of sp³-hybridized carbons (Fsp3) is 0.312. The lowest BCUT2D eigenvalue weighted by molar-refractivity contribution is -0.137. The van der Waals surface area contributed by atoms with E-state index in [4.69, 9.17) is 0 Å². The predicted molar refractivity (Wildman–Crippen MR) is 80.7 cm³/mol. The fourth-order valence-corrected chi connectivity index (χ4v) is 2.09. The number of rotatable bonds is 1. The molecule has 1 aromatic carbocycles. The highest BCUT2D eigenvalue weighted by Crippen LogP contribution is 2.34. The van der Waals surface area contributed by atoms with Crippen LogP contribution in [0.3, 0.4) is 0 Å². The molecule has 118 valence electrons. The molecule has 1 aromatic heterocycles. The average molecular weight is 319 g/mol. The first-order valence-electron chi connectivity index (χ1n) is 6.97. The molecule has 23 heavy (non-hydrogen) atoms. The molecule has 0 saturated carbocycles. The van der Waals surface area contributed by atoms with Crippen LogP contribution in [0.2, 0.25) is 0 Å². The summed E-state index contributed by atoms with van der Waals surface area (Å²) in [5.74, 6) is 0.870. The van der Waals surface area contributed by atoms with Crippen molar-refractivity contribution in [1.82, 2.24) is 14.5 Å². The molecular weight excluding hydrogens is 305 g/mol. The first-order valence-corrected chi connectivity index (χ1v) is 6.97. The summed E-state index contributed by atoms with van der Waals surface area (Å²) in [7, 11) is 0. The van der Waals surface area contributed by atoms with Gasteiger partial charge in [0.2, 0.25) is 6.01 Å². The molecule has 4 nitrogen and oxygen atoms in total. The molecule has 3 rings (SSSR count). The second-order valence-electron chi connectivity index (χ2n) is 6.24. The Kier molecular flexibility index (Phi) is 3.34. The van der Waals surface area contributed by atoms with Gasteiger partial charge in [0.25, 0.3) is 0 Å². The van der Waals surface area contributed by atoms with Crippen molar-refractivity contribution in [2.75, 3.05) is 0 Å². The lowest BCUT2D eigenvalue weighted by Gasteiger charge is -2.14. The normalized spacial score (nSPS) is 13.9. The molecule has 2 heterocycles. The van der Waals surface area contributed by atoms with Crippen molar-refractivity contribution in [1.29, 1.82) is 0 Å². The summed E-state index contributed by atoms with van der Waals surface area (Å²) in [4.78, 5) is 12.8. The Morgan fingerprint density at radius 3 is 2.26 bits per heavy atom. The van der Waals surface area contributed by atoms with Crippen molar-refractivity contribution >= 4 is 23.3 Å². The maximum atomic E-state index is 12.6. The highest BCUT2D eigenvalue weighted by atomic mass is 19.4. The molecule has 1 aliphatic heterocycles. The second-order valence-corrected chi connectivity index (χ2v) is 6.24. The lowest BCUT2D eigenvalue weighted by atomic mass is 9.93. The summed E-state index contributed by atoms with van der Waals surface area (Å²) in [6.07, 6.45) is -2.71. The van der Waals surface area contributed by atoms with E-state index in [1.807, 2.05) is 20.8 Å². The van der Waals surface area contributed by atoms with E-state index in [2.05, 4.69) is 21.0 Å². The minimum atomic E-state index is -4.36. The highest BCUT2D eigenvalue weighted by Gasteiger charge is 2.32. The molecule has 0 aliphatic carbocycles. The number of hydrogen-bond donors (Lipinski definition) is 0. The van der Waals surface area contributed by atoms with Crippen LogP contribution in [-0.2, 0) is 11.6 Å². The third-order valence-electron chi connectivity index (χ3n) is 3.42. The number of benzene rings is 1. The van der Waals surface area contributed by atoms with E-state index in [1.54, 1.807) is 6.20 Å². The van der Waals surface area contributed by atoms with Crippen molar-refractivity contribution in [2.24, 2.45) is 4.99 Å². The number of nitrogens with zero attached hydrogens (tertiary/aromatic N) is 4. The van der Waals surface area contributed by atoms with Gasteiger partial charge in [0.05, 0.1) is 11.8 Å². The Balaban J connectivity index is 2.01. The number of halogens is 3. The van der Waals surface area contributed by atoms with Gasteiger partial charge in [-0.2, -0.15) is 17.7 Å². The number of hydrogen-bond acceptors (Lipinski definition) is 3. The van der Waals surface area contributed by atoms with Gasteiger partial charge >= 0.3 is 17.8 Å². The van der Waals surface area contributed by atoms with E-state index >= 15 is 0 Å². The summed E-state index contributed by atoms with van der Waals surface area (Å²) in [5.41, 5.74) is 0.372. The number of aliphatic imine (C=N–C) groups is 1. The average Bonchev–Trinajstić information content (AvgIpc) is 2.88. The third kappa shape index (κ3) is 2.87. The highest BCUT2D eigenvalue weighted by molar-refractivity contribution is 5.75. The molecule has 0 spiro atoms. The molecule has 1 aliphatic rings. The molecule has 0 bridgehead atoms. The van der Waals surface area contributed by atoms with Crippen molar-refractivity contribution in [3.8, 4) is 0 Å². The first-order chi connectivity index (χ1) is 10.7. The molecular formula is C16H14F3N4+. The van der Waals surface area contributed by atoms with E-state index in [-0.39, 0.29) is 5.41 Å². The Hall–Kier alpha value is -2.53. The standard InChI is InChI=1S/C16H14F3N4/c1-15(2,3)12-8-20-13-14(22-12)23(9-21-13)11-6-4-10(5-7-11)16(17,18)19/h4-8H,1-3H3/q+1. The van der Waals surface area contributed by atoms with Gasteiger partial charge in [-0.05, 0) is 29.3 Å². The summed E-state index contributed by atoms with van der Waals surface area (Å²) in [6, 6.07) is 7.51. The van der Waals surface area contributed by atoms with Gasteiger partial charge in [0, 0.05) is 5.41 Å². The number of fused-ring (bicyclic) bond motifs is 1. The number of aromatic nitrogens is 2. The first kappa shape index (κ1) is 15.4. The molecule has 0 N–H and O–H groups in total. The molecule has 0 amide bonds. The Labute approximate surface area is 131 Å². The zero-order valence-electron chi connectivity index (χ0n) is 12.8. The van der Waals surface area contributed by atoms with E-state index in [9.17, 15) is 13.2 Å². The molecule has 0 atom stereocenters. The van der Waals surface area contributed by atoms with Gasteiger partial charge in [-0.3, -0.25) is 0 Å². The van der Waals surface area contributed by atoms with Crippen LogP contribution in [0, 0.1) is 0 Å². The fourth-order valence-electron chi connectivity index (χ4n) is 2.09. The number of alkyl halides is 3. The van der Waals surface area contributed by atoms with Crippen molar-refractivity contribution < 1.29 is 13.2 Å². The molecule has 0 fully saturated rings. The molecule has 7 heteroatoms. The van der Waals surface area contributed by atoms with Gasteiger partial charge in [-0.25, -0.2) is 4.98 Å². The topological polar surface area (TPSA) is 41.1 Å². The van der Waals surface area contributed by atoms with Crippen molar-refractivity contribution in [3.63, 3.8) is 0 Å². The van der Waals surface area contributed by atoms with E-state index < -0.39 is 11.7 Å². The Morgan fingerprint density at radius 1 is 1.04 bits per heavy atom. The van der Waals surface area contributed by atoms with Crippen LogP contribution >= 0.6 is 0 Å². The summed E-state index contributed by atoms with van der Waals surface area (Å²) < 4.78 is 39.5. The smallest absolute Gasteiger partial charge is 0.212 e. The lowest BCUT2D eigenvalue weighted by Crippen LogP contribution is -2.15. The van der Waals surface area contributed by atoms with Gasteiger partial charge in [-0.1, -0.05) is 25.8 Å². The van der Waals surface area contributed by atoms with E-state index in [0.29, 0.717) is 17.3 Å². The molecule has 2 aromatic rings. The Bertz CT molecular complexity index is 824. The zero-order chi connectivity index (χ0) is 16.8. The van der Waals surface area contributed by atoms with Crippen LogP contribution in [-0.4, -0.2) is 16.0 Å². The van der Waals surface area contributed by atoms with Gasteiger partial charge in [0.1, 0.15) is 11.4 Å². The van der Waals surface area contributed by atoms with Crippen molar-refractivity contribution in [2.45, 2.75) is 32.4 Å². The third-order valence-corrected chi connectivity index (χ3v) is 3.42. The van der Waals surface area contributed by atoms with E-state index in [1.165, 1.54) is 16.7 Å². The minimum absolute atomic E-state index is 0.198. The summed E-state index contributed by atoms with van der Waals surface area (Å²) in [6.45, 7) is 6.02. The summed E-state index contributed by atoms with van der Waals surface area (Å²) in [5, 5.41) is 0. The molecule has 0 radical (unpaired) electrons. The predicted octanol–water partition coefficient (Wildman–Crippen LogP) is 4.45. The van der Waals surface area contributed by atoms with Gasteiger partial charge in [-0.15, -0.1) is 0 Å². The maximum Gasteiger partial charge on any atom is 0.416 e. The van der Waals surface area contributed by atoms with Crippen LogP contribution in [0.25, 0.3) is 0 Å². The SMILES string of the molecule is CC(C)(C)c1cnc2c(n1)[N+](c1ccc(C(F)(F)F)cc1)=C=N2. The maximum absolute atomic E-state index is 12.6. The molecule has 0 saturated heterocycles. The second kappa shape index (κ2) is 4.99. The van der Waals surface area contributed by atoms with Crippen molar-refractivity contribution in [3.05, 3.63) is 41.7 Å². The van der Waals surface area contributed by atoms with Crippen LogP contribution < -0.4 is 4.58 Å². The summed E-state index contributed by atoms with van der Waals surface area (Å²) >= 11 is 0. The largest absolute Gasteiger partial charge is 0.416 e. The van der Waals surface area contributed by atoms with Crippen LogP contribution in [0.15, 0.2) is 35.5 Å². The van der Waals surface area contributed by atoms with E-state index in [0.717, 1.165) is 17.8 Å².